The standard InChI is InChI=1S/C15H24N2OS/c1-11-8-14(12(2)19-11)15(18)10-17(4)13-6-5-7-16(3)9-13/h8,13H,5-7,9-10H2,1-4H3. The third-order valence-corrected chi connectivity index (χ3v) is 4.92. The number of ketones is 1. The van der Waals surface area contributed by atoms with Crippen molar-refractivity contribution in [3.63, 3.8) is 0 Å². The Hall–Kier alpha value is -0.710. The summed E-state index contributed by atoms with van der Waals surface area (Å²) in [6.45, 7) is 6.90. The smallest absolute Gasteiger partial charge is 0.177 e. The van der Waals surface area contributed by atoms with Gasteiger partial charge in [0, 0.05) is 27.9 Å². The Morgan fingerprint density at radius 1 is 1.53 bits per heavy atom. The van der Waals surface area contributed by atoms with Crippen LogP contribution in [0.1, 0.15) is 33.0 Å². The Balaban J connectivity index is 1.96. The van der Waals surface area contributed by atoms with Crippen LogP contribution in [-0.4, -0.2) is 55.4 Å². The van der Waals surface area contributed by atoms with E-state index in [0.29, 0.717) is 12.6 Å². The van der Waals surface area contributed by atoms with E-state index in [0.717, 1.165) is 17.0 Å². The molecule has 0 bridgehead atoms. The highest BCUT2D eigenvalue weighted by Gasteiger charge is 2.23. The molecule has 106 valence electrons. The highest BCUT2D eigenvalue weighted by Crippen LogP contribution is 2.22. The number of likely N-dealkylation sites (N-methyl/N-ethyl adjacent to an activating group) is 2. The Morgan fingerprint density at radius 2 is 2.26 bits per heavy atom. The second-order valence-corrected chi connectivity index (χ2v) is 7.18. The second-order valence-electron chi connectivity index (χ2n) is 5.72. The quantitative estimate of drug-likeness (QED) is 0.792. The van der Waals surface area contributed by atoms with Gasteiger partial charge in [-0.15, -0.1) is 11.3 Å². The number of hydrogen-bond donors (Lipinski definition) is 0. The molecule has 1 fully saturated rings. The number of thiophene rings is 1. The molecule has 19 heavy (non-hydrogen) atoms. The van der Waals surface area contributed by atoms with Gasteiger partial charge in [-0.2, -0.15) is 0 Å². The number of aryl methyl sites for hydroxylation is 2. The predicted octanol–water partition coefficient (Wildman–Crippen LogP) is 2.57. The maximum absolute atomic E-state index is 12.4. The fraction of sp³-hybridized carbons (Fsp3) is 0.667. The van der Waals surface area contributed by atoms with Gasteiger partial charge in [0.25, 0.3) is 0 Å². The molecule has 3 nitrogen and oxygen atoms in total. The fourth-order valence-electron chi connectivity index (χ4n) is 2.85. The Labute approximate surface area is 120 Å². The van der Waals surface area contributed by atoms with Crippen molar-refractivity contribution in [1.82, 2.24) is 9.80 Å². The van der Waals surface area contributed by atoms with E-state index in [2.05, 4.69) is 30.8 Å². The molecule has 0 aliphatic carbocycles. The van der Waals surface area contributed by atoms with Gasteiger partial charge in [-0.1, -0.05) is 0 Å². The molecular formula is C15H24N2OS. The minimum atomic E-state index is 0.262. The molecule has 1 atom stereocenters. The van der Waals surface area contributed by atoms with Gasteiger partial charge in [0.05, 0.1) is 6.54 Å². The largest absolute Gasteiger partial charge is 0.305 e. The van der Waals surface area contributed by atoms with Crippen molar-refractivity contribution in [2.75, 3.05) is 33.7 Å². The monoisotopic (exact) mass is 280 g/mol. The third-order valence-electron chi connectivity index (χ3n) is 3.96. The molecule has 0 aromatic carbocycles. The van der Waals surface area contributed by atoms with Gasteiger partial charge in [0.2, 0.25) is 0 Å². The van der Waals surface area contributed by atoms with E-state index in [1.54, 1.807) is 11.3 Å². The lowest BCUT2D eigenvalue weighted by molar-refractivity contribution is 0.0857. The van der Waals surface area contributed by atoms with E-state index in [1.165, 1.54) is 24.3 Å². The molecule has 1 aromatic rings. The van der Waals surface area contributed by atoms with Crippen LogP contribution in [0.15, 0.2) is 6.07 Å². The highest BCUT2D eigenvalue weighted by molar-refractivity contribution is 7.12. The topological polar surface area (TPSA) is 23.6 Å². The number of nitrogens with zero attached hydrogens (tertiary/aromatic N) is 2. The minimum absolute atomic E-state index is 0.262. The summed E-state index contributed by atoms with van der Waals surface area (Å²) in [5.74, 6) is 0.262. The van der Waals surface area contributed by atoms with Crippen LogP contribution in [0.3, 0.4) is 0 Å². The van der Waals surface area contributed by atoms with E-state index in [9.17, 15) is 4.79 Å². The SMILES string of the molecule is Cc1cc(C(=O)CN(C)C2CCCN(C)C2)c(C)s1. The van der Waals surface area contributed by atoms with Gasteiger partial charge in [0.15, 0.2) is 5.78 Å². The average Bonchev–Trinajstić information content (AvgIpc) is 2.68. The summed E-state index contributed by atoms with van der Waals surface area (Å²) in [5.41, 5.74) is 0.915. The van der Waals surface area contributed by atoms with Gasteiger partial charge in [-0.3, -0.25) is 9.69 Å². The highest BCUT2D eigenvalue weighted by atomic mass is 32.1. The van der Waals surface area contributed by atoms with Gasteiger partial charge in [-0.25, -0.2) is 0 Å². The molecule has 1 unspecified atom stereocenters. The molecule has 0 N–H and O–H groups in total. The Bertz CT molecular complexity index is 455. The molecule has 0 radical (unpaired) electrons. The van der Waals surface area contributed by atoms with Crippen LogP contribution < -0.4 is 0 Å². The minimum Gasteiger partial charge on any atom is -0.305 e. The molecule has 4 heteroatoms. The molecule has 1 saturated heterocycles. The van der Waals surface area contributed by atoms with Crippen molar-refractivity contribution < 1.29 is 4.79 Å². The van der Waals surface area contributed by atoms with Crippen LogP contribution in [-0.2, 0) is 0 Å². The van der Waals surface area contributed by atoms with Gasteiger partial charge in [0.1, 0.15) is 0 Å². The molecule has 1 aromatic heterocycles. The van der Waals surface area contributed by atoms with E-state index < -0.39 is 0 Å². The maximum Gasteiger partial charge on any atom is 0.177 e. The van der Waals surface area contributed by atoms with Crippen molar-refractivity contribution >= 4 is 17.1 Å². The molecule has 0 saturated carbocycles. The summed E-state index contributed by atoms with van der Waals surface area (Å²) in [6, 6.07) is 2.55. The van der Waals surface area contributed by atoms with Crippen molar-refractivity contribution in [3.8, 4) is 0 Å². The molecular weight excluding hydrogens is 256 g/mol. The molecule has 1 aliphatic heterocycles. The number of rotatable bonds is 4. The zero-order chi connectivity index (χ0) is 14.0. The average molecular weight is 280 g/mol. The van der Waals surface area contributed by atoms with Gasteiger partial charge >= 0.3 is 0 Å². The number of hydrogen-bond acceptors (Lipinski definition) is 4. The first-order chi connectivity index (χ1) is 8.97. The lowest BCUT2D eigenvalue weighted by atomic mass is 10.0. The van der Waals surface area contributed by atoms with Crippen LogP contribution in [0.4, 0.5) is 0 Å². The summed E-state index contributed by atoms with van der Waals surface area (Å²) in [7, 11) is 4.24. The van der Waals surface area contributed by atoms with Crippen LogP contribution in [0.5, 0.6) is 0 Å². The van der Waals surface area contributed by atoms with Crippen molar-refractivity contribution in [2.45, 2.75) is 32.7 Å². The second kappa shape index (κ2) is 6.16. The van der Waals surface area contributed by atoms with Crippen molar-refractivity contribution in [3.05, 3.63) is 21.4 Å². The number of piperidine rings is 1. The Morgan fingerprint density at radius 3 is 2.84 bits per heavy atom. The normalized spacial score (nSPS) is 21.0. The van der Waals surface area contributed by atoms with E-state index in [4.69, 9.17) is 0 Å². The first kappa shape index (κ1) is 14.7. The van der Waals surface area contributed by atoms with E-state index in [1.807, 2.05) is 13.0 Å². The van der Waals surface area contributed by atoms with Crippen LogP contribution in [0.25, 0.3) is 0 Å². The predicted molar refractivity (Wildman–Crippen MR) is 81.3 cm³/mol. The van der Waals surface area contributed by atoms with Gasteiger partial charge in [-0.05, 0) is 53.4 Å². The number of carbonyl (C=O) groups is 1. The summed E-state index contributed by atoms with van der Waals surface area (Å²) in [5, 5.41) is 0. The summed E-state index contributed by atoms with van der Waals surface area (Å²) < 4.78 is 0. The lowest BCUT2D eigenvalue weighted by Gasteiger charge is -2.35. The molecule has 1 aliphatic rings. The van der Waals surface area contributed by atoms with Crippen LogP contribution in [0, 0.1) is 13.8 Å². The number of carbonyl (C=O) groups excluding carboxylic acids is 1. The Kier molecular flexibility index (Phi) is 4.76. The van der Waals surface area contributed by atoms with Crippen LogP contribution >= 0.6 is 11.3 Å². The van der Waals surface area contributed by atoms with E-state index in [-0.39, 0.29) is 5.78 Å². The molecule has 0 amide bonds. The summed E-state index contributed by atoms with van der Waals surface area (Å²) in [4.78, 5) is 19.3. The first-order valence-electron chi connectivity index (χ1n) is 6.96. The first-order valence-corrected chi connectivity index (χ1v) is 7.78. The fourth-order valence-corrected chi connectivity index (χ4v) is 3.79. The summed E-state index contributed by atoms with van der Waals surface area (Å²) >= 11 is 1.71. The third kappa shape index (κ3) is 3.65. The zero-order valence-electron chi connectivity index (χ0n) is 12.4. The van der Waals surface area contributed by atoms with Gasteiger partial charge < -0.3 is 4.90 Å². The molecule has 0 spiro atoms. The maximum atomic E-state index is 12.4. The van der Waals surface area contributed by atoms with Crippen molar-refractivity contribution in [2.24, 2.45) is 0 Å². The number of likely N-dealkylation sites (tertiary alicyclic amines) is 1. The lowest BCUT2D eigenvalue weighted by Crippen LogP contribution is -2.46. The summed E-state index contributed by atoms with van der Waals surface area (Å²) in [6.07, 6.45) is 2.44. The number of Topliss-reactive ketones (excluding diaryl/α,β-unsaturated/α-hetero) is 1. The zero-order valence-corrected chi connectivity index (χ0v) is 13.2. The molecule has 2 rings (SSSR count). The van der Waals surface area contributed by atoms with E-state index >= 15 is 0 Å². The van der Waals surface area contributed by atoms with Crippen LogP contribution in [0.2, 0.25) is 0 Å². The molecule has 2 heterocycles. The van der Waals surface area contributed by atoms with Crippen molar-refractivity contribution in [1.29, 1.82) is 0 Å².